The van der Waals surface area contributed by atoms with Crippen molar-refractivity contribution in [1.29, 1.82) is 0 Å². The summed E-state index contributed by atoms with van der Waals surface area (Å²) >= 11 is 0. The van der Waals surface area contributed by atoms with Crippen molar-refractivity contribution in [3.8, 4) is 0 Å². The van der Waals surface area contributed by atoms with Crippen LogP contribution in [0.2, 0.25) is 0 Å². The van der Waals surface area contributed by atoms with Gasteiger partial charge in [-0.1, -0.05) is 19.8 Å². The first-order valence-corrected chi connectivity index (χ1v) is 6.57. The molecule has 19 heavy (non-hydrogen) atoms. The lowest BCUT2D eigenvalue weighted by atomic mass is 9.87. The number of aromatic nitrogens is 1. The Balaban J connectivity index is 2.09. The summed E-state index contributed by atoms with van der Waals surface area (Å²) in [5, 5.41) is 11.9. The van der Waals surface area contributed by atoms with E-state index in [1.165, 1.54) is 24.8 Å². The van der Waals surface area contributed by atoms with E-state index in [0.29, 0.717) is 5.92 Å². The fraction of sp³-hybridized carbons (Fsp3) is 0.500. The number of carbonyl (C=O) groups excluding carboxylic acids is 1. The third-order valence-electron chi connectivity index (χ3n) is 3.52. The van der Waals surface area contributed by atoms with Crippen molar-refractivity contribution in [2.45, 2.75) is 38.6 Å². The average molecular weight is 262 g/mol. The van der Waals surface area contributed by atoms with Crippen molar-refractivity contribution < 1.29 is 14.7 Å². The molecule has 1 aromatic heterocycles. The smallest absolute Gasteiger partial charge is 0.338 e. The zero-order chi connectivity index (χ0) is 13.8. The Hall–Kier alpha value is -1.91. The van der Waals surface area contributed by atoms with Gasteiger partial charge in [0, 0.05) is 12.2 Å². The summed E-state index contributed by atoms with van der Waals surface area (Å²) in [4.78, 5) is 27.0. The van der Waals surface area contributed by atoms with Gasteiger partial charge in [0.1, 0.15) is 5.69 Å². The highest BCUT2D eigenvalue weighted by Crippen LogP contribution is 2.23. The summed E-state index contributed by atoms with van der Waals surface area (Å²) in [6, 6.07) is 3.04. The predicted molar refractivity (Wildman–Crippen MR) is 70.1 cm³/mol. The highest BCUT2D eigenvalue weighted by molar-refractivity contribution is 6.03. The van der Waals surface area contributed by atoms with Gasteiger partial charge in [0.25, 0.3) is 5.91 Å². The molecule has 1 aromatic rings. The number of hydrogen-bond donors (Lipinski definition) is 2. The summed E-state index contributed by atoms with van der Waals surface area (Å²) in [5.74, 6) is -0.922. The molecule has 0 saturated heterocycles. The lowest BCUT2D eigenvalue weighted by Crippen LogP contribution is -2.39. The van der Waals surface area contributed by atoms with E-state index < -0.39 is 11.9 Å². The molecule has 0 aliphatic heterocycles. The summed E-state index contributed by atoms with van der Waals surface area (Å²) < 4.78 is 0. The number of aromatic carboxylic acids is 1. The number of nitrogens with zero attached hydrogens (tertiary/aromatic N) is 1. The van der Waals surface area contributed by atoms with Crippen LogP contribution in [0.25, 0.3) is 0 Å². The number of pyridine rings is 1. The molecule has 2 atom stereocenters. The molecule has 0 radical (unpaired) electrons. The molecule has 1 saturated carbocycles. The lowest BCUT2D eigenvalue weighted by Gasteiger charge is -2.27. The molecule has 0 spiro atoms. The highest BCUT2D eigenvalue weighted by Gasteiger charge is 2.23. The maximum atomic E-state index is 12.1. The van der Waals surface area contributed by atoms with E-state index in [1.807, 2.05) is 0 Å². The second kappa shape index (κ2) is 5.82. The maximum absolute atomic E-state index is 12.1. The first-order valence-electron chi connectivity index (χ1n) is 6.57. The molecular weight excluding hydrogens is 244 g/mol. The summed E-state index contributed by atoms with van der Waals surface area (Å²) in [6.45, 7) is 2.17. The van der Waals surface area contributed by atoms with Crippen molar-refractivity contribution in [2.24, 2.45) is 5.92 Å². The fourth-order valence-corrected chi connectivity index (χ4v) is 2.58. The molecule has 2 unspecified atom stereocenters. The van der Waals surface area contributed by atoms with Gasteiger partial charge < -0.3 is 10.4 Å². The first kappa shape index (κ1) is 13.5. The largest absolute Gasteiger partial charge is 0.478 e. The monoisotopic (exact) mass is 262 g/mol. The van der Waals surface area contributed by atoms with Crippen LogP contribution in [0.3, 0.4) is 0 Å². The molecule has 1 amide bonds. The third kappa shape index (κ3) is 3.30. The van der Waals surface area contributed by atoms with Gasteiger partial charge in [0.15, 0.2) is 0 Å². The molecule has 1 heterocycles. The number of carboxylic acid groups (broad SMARTS) is 1. The van der Waals surface area contributed by atoms with Crippen LogP contribution in [0, 0.1) is 5.92 Å². The van der Waals surface area contributed by atoms with Crippen LogP contribution >= 0.6 is 0 Å². The topological polar surface area (TPSA) is 79.3 Å². The van der Waals surface area contributed by atoms with Crippen LogP contribution < -0.4 is 5.32 Å². The van der Waals surface area contributed by atoms with Crippen LogP contribution in [-0.4, -0.2) is 28.0 Å². The molecule has 1 aliphatic carbocycles. The molecule has 2 rings (SSSR count). The first-order chi connectivity index (χ1) is 9.08. The molecule has 5 nitrogen and oxygen atoms in total. The normalized spacial score (nSPS) is 22.8. The van der Waals surface area contributed by atoms with Gasteiger partial charge in [-0.2, -0.15) is 0 Å². The van der Waals surface area contributed by atoms with Crippen LogP contribution in [0.4, 0.5) is 0 Å². The molecule has 1 fully saturated rings. The minimum absolute atomic E-state index is 0.00627. The van der Waals surface area contributed by atoms with Crippen molar-refractivity contribution in [1.82, 2.24) is 10.3 Å². The molecule has 5 heteroatoms. The van der Waals surface area contributed by atoms with Gasteiger partial charge >= 0.3 is 5.97 Å². The van der Waals surface area contributed by atoms with Gasteiger partial charge in [0.05, 0.1) is 5.56 Å². The zero-order valence-electron chi connectivity index (χ0n) is 10.9. The minimum Gasteiger partial charge on any atom is -0.478 e. The number of rotatable bonds is 3. The lowest BCUT2D eigenvalue weighted by molar-refractivity contribution is 0.0689. The Morgan fingerprint density at radius 2 is 2.21 bits per heavy atom. The third-order valence-corrected chi connectivity index (χ3v) is 3.52. The zero-order valence-corrected chi connectivity index (χ0v) is 10.9. The molecular formula is C14H18N2O3. The van der Waals surface area contributed by atoms with E-state index in [2.05, 4.69) is 17.2 Å². The van der Waals surface area contributed by atoms with Crippen LogP contribution in [-0.2, 0) is 0 Å². The van der Waals surface area contributed by atoms with Crippen molar-refractivity contribution in [3.63, 3.8) is 0 Å². The number of carbonyl (C=O) groups is 2. The second-order valence-corrected chi connectivity index (χ2v) is 5.15. The standard InChI is InChI=1S/C14H18N2O3/c1-9-4-2-5-10(8-9)16-13(17)12-11(14(18)19)6-3-7-15-12/h3,6-7,9-10H,2,4-5,8H2,1H3,(H,16,17)(H,18,19). The Morgan fingerprint density at radius 3 is 2.89 bits per heavy atom. The number of carboxylic acids is 1. The van der Waals surface area contributed by atoms with Crippen LogP contribution in [0.1, 0.15) is 53.5 Å². The maximum Gasteiger partial charge on any atom is 0.338 e. The summed E-state index contributed by atoms with van der Waals surface area (Å²) in [6.07, 6.45) is 5.62. The number of amides is 1. The Bertz CT molecular complexity index is 487. The van der Waals surface area contributed by atoms with E-state index in [-0.39, 0.29) is 17.3 Å². The molecule has 0 bridgehead atoms. The van der Waals surface area contributed by atoms with E-state index in [1.54, 1.807) is 0 Å². The Kier molecular flexibility index (Phi) is 4.14. The predicted octanol–water partition coefficient (Wildman–Crippen LogP) is 2.09. The SMILES string of the molecule is CC1CCCC(NC(=O)c2ncccc2C(=O)O)C1. The van der Waals surface area contributed by atoms with Gasteiger partial charge in [-0.3, -0.25) is 9.78 Å². The second-order valence-electron chi connectivity index (χ2n) is 5.15. The van der Waals surface area contributed by atoms with Gasteiger partial charge in [-0.05, 0) is 30.9 Å². The van der Waals surface area contributed by atoms with Crippen LogP contribution in [0.5, 0.6) is 0 Å². The van der Waals surface area contributed by atoms with E-state index in [0.717, 1.165) is 19.3 Å². The number of nitrogens with one attached hydrogen (secondary N) is 1. The van der Waals surface area contributed by atoms with Crippen molar-refractivity contribution in [3.05, 3.63) is 29.6 Å². The van der Waals surface area contributed by atoms with E-state index >= 15 is 0 Å². The molecule has 1 aliphatic rings. The average Bonchev–Trinajstić information content (AvgIpc) is 2.38. The van der Waals surface area contributed by atoms with E-state index in [9.17, 15) is 9.59 Å². The van der Waals surface area contributed by atoms with E-state index in [4.69, 9.17) is 5.11 Å². The van der Waals surface area contributed by atoms with Crippen molar-refractivity contribution >= 4 is 11.9 Å². The Morgan fingerprint density at radius 1 is 1.42 bits per heavy atom. The van der Waals surface area contributed by atoms with Gasteiger partial charge in [-0.15, -0.1) is 0 Å². The van der Waals surface area contributed by atoms with Crippen LogP contribution in [0.15, 0.2) is 18.3 Å². The van der Waals surface area contributed by atoms with Gasteiger partial charge in [0.2, 0.25) is 0 Å². The minimum atomic E-state index is -1.13. The summed E-state index contributed by atoms with van der Waals surface area (Å²) in [5.41, 5.74) is -0.0583. The quantitative estimate of drug-likeness (QED) is 0.874. The Labute approximate surface area is 112 Å². The molecule has 102 valence electrons. The molecule has 2 N–H and O–H groups in total. The summed E-state index contributed by atoms with van der Waals surface area (Å²) in [7, 11) is 0. The highest BCUT2D eigenvalue weighted by atomic mass is 16.4. The number of hydrogen-bond acceptors (Lipinski definition) is 3. The fourth-order valence-electron chi connectivity index (χ4n) is 2.58. The molecule has 0 aromatic carbocycles. The van der Waals surface area contributed by atoms with Gasteiger partial charge in [-0.25, -0.2) is 4.79 Å². The van der Waals surface area contributed by atoms with Crippen molar-refractivity contribution in [2.75, 3.05) is 0 Å².